The van der Waals surface area contributed by atoms with E-state index in [9.17, 15) is 0 Å². The lowest BCUT2D eigenvalue weighted by molar-refractivity contribution is 0.173. The van der Waals surface area contributed by atoms with Gasteiger partial charge < -0.3 is 19.5 Å². The number of benzene rings is 2. The highest BCUT2D eigenvalue weighted by atomic mass is 79.9. The van der Waals surface area contributed by atoms with E-state index < -0.39 is 0 Å². The number of rotatable bonds is 3. The monoisotopic (exact) mass is 361 g/mol. The molecule has 2 aliphatic rings. The summed E-state index contributed by atoms with van der Waals surface area (Å²) in [7, 11) is 0. The van der Waals surface area contributed by atoms with E-state index in [1.54, 1.807) is 0 Å². The molecule has 2 aromatic carbocycles. The van der Waals surface area contributed by atoms with E-state index in [1.807, 2.05) is 18.2 Å². The first kappa shape index (κ1) is 13.9. The molecule has 0 radical (unpaired) electrons. The van der Waals surface area contributed by atoms with Crippen molar-refractivity contribution in [2.75, 3.05) is 13.4 Å². The third kappa shape index (κ3) is 2.55. The molecule has 0 unspecified atom stereocenters. The van der Waals surface area contributed by atoms with Crippen molar-refractivity contribution in [3.63, 3.8) is 0 Å². The summed E-state index contributed by atoms with van der Waals surface area (Å²) in [6.07, 6.45) is 0.975. The Hall–Kier alpha value is -1.72. The normalized spacial score (nSPS) is 18.7. The van der Waals surface area contributed by atoms with Crippen molar-refractivity contribution in [2.24, 2.45) is 0 Å². The van der Waals surface area contributed by atoms with E-state index in [1.165, 1.54) is 11.1 Å². The fraction of sp³-hybridized carbons (Fsp3) is 0.294. The lowest BCUT2D eigenvalue weighted by Crippen LogP contribution is -2.26. The van der Waals surface area contributed by atoms with Gasteiger partial charge in [0, 0.05) is 24.6 Å². The molecule has 2 aromatic rings. The summed E-state index contributed by atoms with van der Waals surface area (Å²) in [6.45, 7) is 1.81. The van der Waals surface area contributed by atoms with Crippen LogP contribution in [0.2, 0.25) is 0 Å². The Bertz CT molecular complexity index is 704. The van der Waals surface area contributed by atoms with Gasteiger partial charge in [0.2, 0.25) is 6.79 Å². The molecule has 0 saturated carbocycles. The molecule has 0 bridgehead atoms. The summed E-state index contributed by atoms with van der Waals surface area (Å²) in [6, 6.07) is 12.6. The van der Waals surface area contributed by atoms with Crippen molar-refractivity contribution in [3.05, 3.63) is 52.0 Å². The van der Waals surface area contributed by atoms with Gasteiger partial charge in [-0.05, 0) is 39.7 Å². The van der Waals surface area contributed by atoms with Crippen molar-refractivity contribution < 1.29 is 14.2 Å². The first-order valence-electron chi connectivity index (χ1n) is 7.34. The predicted molar refractivity (Wildman–Crippen MR) is 86.4 cm³/mol. The van der Waals surface area contributed by atoms with Crippen LogP contribution in [0, 0.1) is 0 Å². The predicted octanol–water partition coefficient (Wildman–Crippen LogP) is 3.79. The van der Waals surface area contributed by atoms with E-state index in [0.717, 1.165) is 41.3 Å². The Morgan fingerprint density at radius 3 is 2.95 bits per heavy atom. The minimum atomic E-state index is 0.290. The van der Waals surface area contributed by atoms with Crippen molar-refractivity contribution >= 4 is 15.9 Å². The molecular weight excluding hydrogens is 346 g/mol. The first-order chi connectivity index (χ1) is 10.8. The summed E-state index contributed by atoms with van der Waals surface area (Å²) in [4.78, 5) is 0. The minimum absolute atomic E-state index is 0.290. The molecule has 0 aromatic heterocycles. The molecule has 5 heteroatoms. The molecule has 0 fully saturated rings. The highest BCUT2D eigenvalue weighted by Crippen LogP contribution is 2.40. The molecule has 1 atom stereocenters. The van der Waals surface area contributed by atoms with Gasteiger partial charge in [-0.25, -0.2) is 0 Å². The van der Waals surface area contributed by atoms with Gasteiger partial charge in [0.25, 0.3) is 0 Å². The summed E-state index contributed by atoms with van der Waals surface area (Å²) >= 11 is 3.54. The van der Waals surface area contributed by atoms with Crippen LogP contribution < -0.4 is 19.5 Å². The lowest BCUT2D eigenvalue weighted by atomic mass is 10.0. The van der Waals surface area contributed by atoms with E-state index in [2.05, 4.69) is 39.4 Å². The zero-order chi connectivity index (χ0) is 14.9. The van der Waals surface area contributed by atoms with Gasteiger partial charge in [-0.2, -0.15) is 0 Å². The van der Waals surface area contributed by atoms with Crippen LogP contribution in [0.3, 0.4) is 0 Å². The Kier molecular flexibility index (Phi) is 3.68. The molecule has 22 heavy (non-hydrogen) atoms. The maximum absolute atomic E-state index is 5.70. The second-order valence-electron chi connectivity index (χ2n) is 5.42. The molecule has 1 N–H and O–H groups in total. The van der Waals surface area contributed by atoms with Gasteiger partial charge in [-0.15, -0.1) is 0 Å². The molecule has 2 heterocycles. The van der Waals surface area contributed by atoms with Crippen LogP contribution in [0.5, 0.6) is 17.2 Å². The Morgan fingerprint density at radius 1 is 1.09 bits per heavy atom. The van der Waals surface area contributed by atoms with Gasteiger partial charge in [-0.1, -0.05) is 18.2 Å². The third-order valence-corrected chi connectivity index (χ3v) is 4.59. The van der Waals surface area contributed by atoms with Gasteiger partial charge in [0.15, 0.2) is 11.5 Å². The molecule has 0 saturated heterocycles. The largest absolute Gasteiger partial charge is 0.493 e. The molecule has 0 aliphatic carbocycles. The van der Waals surface area contributed by atoms with Crippen LogP contribution in [0.1, 0.15) is 23.6 Å². The minimum Gasteiger partial charge on any atom is -0.493 e. The zero-order valence-electron chi connectivity index (χ0n) is 12.0. The van der Waals surface area contributed by atoms with Gasteiger partial charge in [-0.3, -0.25) is 0 Å². The SMILES string of the molecule is Brc1cc(CN[C@H]2CCOc3ccccc32)cc2c1OCO2. The molecule has 2 aliphatic heterocycles. The Balaban J connectivity index is 1.51. The summed E-state index contributed by atoms with van der Waals surface area (Å²) < 4.78 is 17.5. The number of nitrogens with one attached hydrogen (secondary N) is 1. The number of ether oxygens (including phenoxy) is 3. The molecule has 4 nitrogen and oxygen atoms in total. The molecule has 0 amide bonds. The van der Waals surface area contributed by atoms with Crippen LogP contribution in [0.4, 0.5) is 0 Å². The first-order valence-corrected chi connectivity index (χ1v) is 8.14. The highest BCUT2D eigenvalue weighted by Gasteiger charge is 2.22. The quantitative estimate of drug-likeness (QED) is 0.902. The topological polar surface area (TPSA) is 39.7 Å². The number of hydrogen-bond donors (Lipinski definition) is 1. The fourth-order valence-corrected chi connectivity index (χ4v) is 3.52. The Morgan fingerprint density at radius 2 is 2.00 bits per heavy atom. The molecule has 4 rings (SSSR count). The fourth-order valence-electron chi connectivity index (χ4n) is 2.92. The standard InChI is InChI=1S/C17H16BrNO3/c18-13-7-11(8-16-17(13)22-10-21-16)9-19-14-5-6-20-15-4-2-1-3-12(14)15/h1-4,7-8,14,19H,5-6,9-10H2/t14-/m0/s1. The van der Waals surface area contributed by atoms with Crippen molar-refractivity contribution in [1.82, 2.24) is 5.32 Å². The number of hydrogen-bond acceptors (Lipinski definition) is 4. The van der Waals surface area contributed by atoms with Crippen LogP contribution in [0.15, 0.2) is 40.9 Å². The van der Waals surface area contributed by atoms with E-state index >= 15 is 0 Å². The average Bonchev–Trinajstić information content (AvgIpc) is 3.02. The second kappa shape index (κ2) is 5.82. The van der Waals surface area contributed by atoms with Crippen molar-refractivity contribution in [3.8, 4) is 17.2 Å². The average molecular weight is 362 g/mol. The van der Waals surface area contributed by atoms with Crippen molar-refractivity contribution in [2.45, 2.75) is 19.0 Å². The van der Waals surface area contributed by atoms with Gasteiger partial charge in [0.05, 0.1) is 11.1 Å². The maximum atomic E-state index is 5.70. The van der Waals surface area contributed by atoms with Gasteiger partial charge >= 0.3 is 0 Å². The van der Waals surface area contributed by atoms with Crippen LogP contribution in [-0.4, -0.2) is 13.4 Å². The Labute approximate surface area is 137 Å². The number of fused-ring (bicyclic) bond motifs is 2. The van der Waals surface area contributed by atoms with Crippen LogP contribution >= 0.6 is 15.9 Å². The van der Waals surface area contributed by atoms with Crippen LogP contribution in [-0.2, 0) is 6.54 Å². The second-order valence-corrected chi connectivity index (χ2v) is 6.27. The van der Waals surface area contributed by atoms with E-state index in [-0.39, 0.29) is 6.79 Å². The maximum Gasteiger partial charge on any atom is 0.231 e. The van der Waals surface area contributed by atoms with Crippen molar-refractivity contribution in [1.29, 1.82) is 0 Å². The number of halogens is 1. The third-order valence-electron chi connectivity index (χ3n) is 4.00. The van der Waals surface area contributed by atoms with Crippen LogP contribution in [0.25, 0.3) is 0 Å². The molecule has 0 spiro atoms. The van der Waals surface area contributed by atoms with E-state index in [4.69, 9.17) is 14.2 Å². The molecule has 114 valence electrons. The lowest BCUT2D eigenvalue weighted by Gasteiger charge is -2.26. The van der Waals surface area contributed by atoms with E-state index in [0.29, 0.717) is 6.04 Å². The molecular formula is C17H16BrNO3. The summed E-state index contributed by atoms with van der Waals surface area (Å²) in [5.41, 5.74) is 2.40. The summed E-state index contributed by atoms with van der Waals surface area (Å²) in [5.74, 6) is 2.58. The zero-order valence-corrected chi connectivity index (χ0v) is 13.6. The summed E-state index contributed by atoms with van der Waals surface area (Å²) in [5, 5.41) is 3.62. The smallest absolute Gasteiger partial charge is 0.231 e. The number of para-hydroxylation sites is 1. The van der Waals surface area contributed by atoms with Gasteiger partial charge in [0.1, 0.15) is 5.75 Å². The highest BCUT2D eigenvalue weighted by molar-refractivity contribution is 9.10.